The molecule has 0 bridgehead atoms. The SMILES string of the molecule is Cc1ccc(S(=O)(=O)Nc2cccc(C(=O)c3ccccc3)c2)cc1[N+](=O)[O-]. The summed E-state index contributed by atoms with van der Waals surface area (Å²) in [5.41, 5.74) is 1.07. The van der Waals surface area contributed by atoms with Crippen molar-refractivity contribution in [2.45, 2.75) is 11.8 Å². The van der Waals surface area contributed by atoms with Crippen LogP contribution in [0.4, 0.5) is 11.4 Å². The topological polar surface area (TPSA) is 106 Å². The molecule has 0 heterocycles. The number of hydrogen-bond acceptors (Lipinski definition) is 5. The van der Waals surface area contributed by atoms with Gasteiger partial charge < -0.3 is 0 Å². The molecule has 7 nitrogen and oxygen atoms in total. The van der Waals surface area contributed by atoms with E-state index in [-0.39, 0.29) is 22.1 Å². The molecule has 0 aliphatic carbocycles. The fraction of sp³-hybridized carbons (Fsp3) is 0.0500. The van der Waals surface area contributed by atoms with Gasteiger partial charge in [0.2, 0.25) is 0 Å². The maximum absolute atomic E-state index is 12.6. The van der Waals surface area contributed by atoms with Gasteiger partial charge in [0.1, 0.15) is 0 Å². The number of hydrogen-bond donors (Lipinski definition) is 1. The van der Waals surface area contributed by atoms with Crippen LogP contribution in [0.5, 0.6) is 0 Å². The number of nitrogens with zero attached hydrogens (tertiary/aromatic N) is 1. The van der Waals surface area contributed by atoms with Crippen molar-refractivity contribution >= 4 is 27.2 Å². The third kappa shape index (κ3) is 4.07. The molecular weight excluding hydrogens is 380 g/mol. The number of nitro benzene ring substituents is 1. The summed E-state index contributed by atoms with van der Waals surface area (Å²) in [6.07, 6.45) is 0. The molecule has 0 unspecified atom stereocenters. The molecule has 3 aromatic carbocycles. The van der Waals surface area contributed by atoms with Crippen LogP contribution in [0.25, 0.3) is 0 Å². The number of benzene rings is 3. The van der Waals surface area contributed by atoms with Gasteiger partial charge in [0.25, 0.3) is 15.7 Å². The van der Waals surface area contributed by atoms with Gasteiger partial charge in [-0.1, -0.05) is 48.5 Å². The highest BCUT2D eigenvalue weighted by molar-refractivity contribution is 7.92. The second-order valence-corrected chi connectivity index (χ2v) is 7.77. The Morgan fingerprint density at radius 2 is 1.61 bits per heavy atom. The lowest BCUT2D eigenvalue weighted by Gasteiger charge is -2.10. The highest BCUT2D eigenvalue weighted by atomic mass is 32.2. The lowest BCUT2D eigenvalue weighted by molar-refractivity contribution is -0.385. The van der Waals surface area contributed by atoms with Crippen LogP contribution in [0, 0.1) is 17.0 Å². The molecule has 0 fully saturated rings. The molecule has 0 amide bonds. The summed E-state index contributed by atoms with van der Waals surface area (Å²) < 4.78 is 27.6. The lowest BCUT2D eigenvalue weighted by atomic mass is 10.0. The molecule has 1 N–H and O–H groups in total. The minimum Gasteiger partial charge on any atom is -0.289 e. The van der Waals surface area contributed by atoms with Gasteiger partial charge in [0.15, 0.2) is 5.78 Å². The zero-order valence-electron chi connectivity index (χ0n) is 14.8. The predicted molar refractivity (Wildman–Crippen MR) is 105 cm³/mol. The first-order chi connectivity index (χ1) is 13.3. The fourth-order valence-electron chi connectivity index (χ4n) is 2.65. The van der Waals surface area contributed by atoms with Crippen molar-refractivity contribution in [1.82, 2.24) is 0 Å². The maximum atomic E-state index is 12.6. The second kappa shape index (κ2) is 7.61. The Morgan fingerprint density at radius 1 is 0.929 bits per heavy atom. The molecule has 0 aliphatic rings. The number of nitrogens with one attached hydrogen (secondary N) is 1. The Balaban J connectivity index is 1.90. The van der Waals surface area contributed by atoms with Crippen LogP contribution < -0.4 is 4.72 Å². The van der Waals surface area contributed by atoms with Gasteiger partial charge in [-0.2, -0.15) is 0 Å². The van der Waals surface area contributed by atoms with E-state index >= 15 is 0 Å². The highest BCUT2D eigenvalue weighted by Gasteiger charge is 2.20. The van der Waals surface area contributed by atoms with Crippen molar-refractivity contribution in [3.8, 4) is 0 Å². The first-order valence-corrected chi connectivity index (χ1v) is 9.74. The molecule has 28 heavy (non-hydrogen) atoms. The molecule has 3 aromatic rings. The van der Waals surface area contributed by atoms with Crippen molar-refractivity contribution in [3.05, 3.63) is 99.6 Å². The Bertz CT molecular complexity index is 1160. The summed E-state index contributed by atoms with van der Waals surface area (Å²) >= 11 is 0. The molecule has 0 aliphatic heterocycles. The van der Waals surface area contributed by atoms with Crippen LogP contribution in [0.1, 0.15) is 21.5 Å². The molecule has 142 valence electrons. The summed E-state index contributed by atoms with van der Waals surface area (Å²) in [5.74, 6) is -0.243. The average Bonchev–Trinajstić information content (AvgIpc) is 2.68. The first kappa shape index (κ1) is 19.2. The minimum atomic E-state index is -4.06. The third-order valence-corrected chi connectivity index (χ3v) is 5.48. The average molecular weight is 396 g/mol. The molecule has 0 spiro atoms. The third-order valence-electron chi connectivity index (χ3n) is 4.10. The van der Waals surface area contributed by atoms with E-state index in [1.807, 2.05) is 0 Å². The van der Waals surface area contributed by atoms with Gasteiger partial charge in [0.05, 0.1) is 9.82 Å². The summed E-state index contributed by atoms with van der Waals surface area (Å²) in [4.78, 5) is 22.7. The zero-order chi connectivity index (χ0) is 20.3. The molecule has 0 aromatic heterocycles. The van der Waals surface area contributed by atoms with E-state index in [1.54, 1.807) is 42.5 Å². The molecule has 8 heteroatoms. The smallest absolute Gasteiger partial charge is 0.273 e. The van der Waals surface area contributed by atoms with E-state index in [1.165, 1.54) is 31.2 Å². The van der Waals surface area contributed by atoms with E-state index < -0.39 is 14.9 Å². The standard InChI is InChI=1S/C20H16N2O5S/c1-14-10-11-18(13-19(14)22(24)25)28(26,27)21-17-9-5-8-16(12-17)20(23)15-6-3-2-4-7-15/h2-13,21H,1H3. The van der Waals surface area contributed by atoms with Crippen molar-refractivity contribution in [3.63, 3.8) is 0 Å². The number of aryl methyl sites for hydroxylation is 1. The van der Waals surface area contributed by atoms with E-state index in [9.17, 15) is 23.3 Å². The van der Waals surface area contributed by atoms with E-state index in [2.05, 4.69) is 4.72 Å². The van der Waals surface area contributed by atoms with Crippen molar-refractivity contribution in [2.24, 2.45) is 0 Å². The number of rotatable bonds is 6. The van der Waals surface area contributed by atoms with Crippen LogP contribution in [-0.4, -0.2) is 19.1 Å². The molecule has 0 radical (unpaired) electrons. The maximum Gasteiger partial charge on any atom is 0.273 e. The van der Waals surface area contributed by atoms with Crippen LogP contribution >= 0.6 is 0 Å². The largest absolute Gasteiger partial charge is 0.289 e. The van der Waals surface area contributed by atoms with Crippen LogP contribution in [0.2, 0.25) is 0 Å². The summed E-state index contributed by atoms with van der Waals surface area (Å²) in [5, 5.41) is 11.1. The van der Waals surface area contributed by atoms with E-state index in [0.717, 1.165) is 6.07 Å². The van der Waals surface area contributed by atoms with Crippen molar-refractivity contribution in [2.75, 3.05) is 4.72 Å². The predicted octanol–water partition coefficient (Wildman–Crippen LogP) is 3.94. The monoisotopic (exact) mass is 396 g/mol. The van der Waals surface area contributed by atoms with Crippen LogP contribution in [0.3, 0.4) is 0 Å². The summed E-state index contributed by atoms with van der Waals surface area (Å²) in [7, 11) is -4.06. The molecule has 0 saturated heterocycles. The Labute approximate surface area is 161 Å². The number of nitro groups is 1. The van der Waals surface area contributed by atoms with Gasteiger partial charge >= 0.3 is 0 Å². The van der Waals surface area contributed by atoms with Crippen molar-refractivity contribution in [1.29, 1.82) is 0 Å². The molecular formula is C20H16N2O5S. The van der Waals surface area contributed by atoms with Gasteiger partial charge in [-0.15, -0.1) is 0 Å². The normalized spacial score (nSPS) is 11.0. The number of anilines is 1. The molecule has 3 rings (SSSR count). The number of carbonyl (C=O) groups is 1. The van der Waals surface area contributed by atoms with Gasteiger partial charge in [-0.25, -0.2) is 8.42 Å². The van der Waals surface area contributed by atoms with Crippen LogP contribution in [-0.2, 0) is 10.0 Å². The molecule has 0 saturated carbocycles. The first-order valence-electron chi connectivity index (χ1n) is 8.25. The number of sulfonamides is 1. The van der Waals surface area contributed by atoms with Crippen LogP contribution in [0.15, 0.2) is 77.7 Å². The van der Waals surface area contributed by atoms with E-state index in [0.29, 0.717) is 16.7 Å². The second-order valence-electron chi connectivity index (χ2n) is 6.09. The minimum absolute atomic E-state index is 0.185. The number of ketones is 1. The summed E-state index contributed by atoms with van der Waals surface area (Å²) in [6, 6.07) is 18.4. The Morgan fingerprint density at radius 3 is 2.29 bits per heavy atom. The summed E-state index contributed by atoms with van der Waals surface area (Å²) in [6.45, 7) is 1.53. The van der Waals surface area contributed by atoms with Crippen molar-refractivity contribution < 1.29 is 18.1 Å². The Hall–Kier alpha value is -3.52. The van der Waals surface area contributed by atoms with E-state index in [4.69, 9.17) is 0 Å². The van der Waals surface area contributed by atoms with Gasteiger partial charge in [-0.3, -0.25) is 19.6 Å². The lowest BCUT2D eigenvalue weighted by Crippen LogP contribution is -2.14. The quantitative estimate of drug-likeness (QED) is 0.386. The fourth-order valence-corrected chi connectivity index (χ4v) is 3.72. The Kier molecular flexibility index (Phi) is 5.23. The number of carbonyl (C=O) groups excluding carboxylic acids is 1. The molecule has 0 atom stereocenters. The highest BCUT2D eigenvalue weighted by Crippen LogP contribution is 2.24. The zero-order valence-corrected chi connectivity index (χ0v) is 15.6. The van der Waals surface area contributed by atoms with Gasteiger partial charge in [0, 0.05) is 28.4 Å². The van der Waals surface area contributed by atoms with Gasteiger partial charge in [-0.05, 0) is 25.1 Å².